The summed E-state index contributed by atoms with van der Waals surface area (Å²) in [6.07, 6.45) is 3.38. The number of halogens is 1. The fourth-order valence-electron chi connectivity index (χ4n) is 3.47. The first-order valence-electron chi connectivity index (χ1n) is 10.2. The average molecular weight is 533 g/mol. The molecule has 7 heteroatoms. The first-order valence-corrected chi connectivity index (χ1v) is 10.2. The topological polar surface area (TPSA) is 68.0 Å². The van der Waals surface area contributed by atoms with Crippen LogP contribution in [0, 0.1) is 0 Å². The summed E-state index contributed by atoms with van der Waals surface area (Å²) in [6.45, 7) is 1.99. The van der Waals surface area contributed by atoms with Crippen molar-refractivity contribution < 1.29 is 13.9 Å². The number of hydrogen-bond acceptors (Lipinski definition) is 4. The Morgan fingerprint density at radius 1 is 1.10 bits per heavy atom. The molecule has 0 spiro atoms. The third-order valence-corrected chi connectivity index (χ3v) is 5.09. The van der Waals surface area contributed by atoms with Crippen LogP contribution in [-0.2, 0) is 13.0 Å². The highest BCUT2D eigenvalue weighted by Crippen LogP contribution is 2.31. The van der Waals surface area contributed by atoms with Gasteiger partial charge in [-0.25, -0.2) is 4.99 Å². The Morgan fingerprint density at radius 2 is 1.94 bits per heavy atom. The predicted octanol–water partition coefficient (Wildman–Crippen LogP) is 4.71. The van der Waals surface area contributed by atoms with E-state index in [9.17, 15) is 0 Å². The summed E-state index contributed by atoms with van der Waals surface area (Å²) in [5.41, 5.74) is 2.28. The van der Waals surface area contributed by atoms with Gasteiger partial charge in [-0.2, -0.15) is 0 Å². The van der Waals surface area contributed by atoms with Crippen molar-refractivity contribution in [3.05, 3.63) is 83.8 Å². The summed E-state index contributed by atoms with van der Waals surface area (Å²) in [5, 5.41) is 7.03. The Labute approximate surface area is 200 Å². The number of aliphatic imine (C=N–C) groups is 1. The molecule has 0 saturated heterocycles. The highest BCUT2D eigenvalue weighted by molar-refractivity contribution is 14.0. The van der Waals surface area contributed by atoms with Crippen LogP contribution in [-0.4, -0.2) is 26.2 Å². The second kappa shape index (κ2) is 11.6. The molecule has 31 heavy (non-hydrogen) atoms. The number of fused-ring (bicyclic) bond motifs is 1. The van der Waals surface area contributed by atoms with Gasteiger partial charge in [-0.15, -0.1) is 24.0 Å². The molecule has 1 aliphatic rings. The van der Waals surface area contributed by atoms with Crippen LogP contribution in [0.3, 0.4) is 0 Å². The highest BCUT2D eigenvalue weighted by atomic mass is 127. The molecule has 0 aliphatic carbocycles. The number of hydrogen-bond donors (Lipinski definition) is 2. The van der Waals surface area contributed by atoms with E-state index >= 15 is 0 Å². The van der Waals surface area contributed by atoms with Crippen LogP contribution in [0.2, 0.25) is 0 Å². The molecule has 2 heterocycles. The molecular weight excluding hydrogens is 505 g/mol. The van der Waals surface area contributed by atoms with Crippen molar-refractivity contribution in [1.29, 1.82) is 0 Å². The Hall–Kier alpha value is -2.68. The van der Waals surface area contributed by atoms with Crippen molar-refractivity contribution in [2.45, 2.75) is 25.4 Å². The van der Waals surface area contributed by atoms with E-state index in [2.05, 4.69) is 16.7 Å². The van der Waals surface area contributed by atoms with E-state index in [0.29, 0.717) is 13.2 Å². The summed E-state index contributed by atoms with van der Waals surface area (Å²) in [6, 6.07) is 20.2. The van der Waals surface area contributed by atoms with Gasteiger partial charge in [-0.1, -0.05) is 30.3 Å². The van der Waals surface area contributed by atoms with Crippen LogP contribution in [0.1, 0.15) is 29.3 Å². The minimum atomic E-state index is 0. The molecule has 0 bridgehead atoms. The lowest BCUT2D eigenvalue weighted by Gasteiger charge is -2.28. The number of rotatable bonds is 7. The average Bonchev–Trinajstić information content (AvgIpc) is 3.31. The van der Waals surface area contributed by atoms with Crippen molar-refractivity contribution in [1.82, 2.24) is 10.6 Å². The monoisotopic (exact) mass is 533 g/mol. The normalized spacial score (nSPS) is 15.3. The lowest BCUT2D eigenvalue weighted by Crippen LogP contribution is -2.41. The third kappa shape index (κ3) is 6.40. The molecule has 1 unspecified atom stereocenters. The molecule has 2 aromatic carbocycles. The maximum absolute atomic E-state index is 5.79. The van der Waals surface area contributed by atoms with Gasteiger partial charge in [0.25, 0.3) is 0 Å². The molecule has 4 rings (SSSR count). The predicted molar refractivity (Wildman–Crippen MR) is 132 cm³/mol. The number of nitrogens with one attached hydrogen (secondary N) is 2. The number of guanidine groups is 1. The van der Waals surface area contributed by atoms with E-state index in [1.54, 1.807) is 13.4 Å². The maximum atomic E-state index is 5.79. The number of furan rings is 1. The SMILES string of the molecule is COc1ccc(CN=C(NCCc2ccco2)NC2CCOc3ccccc32)cc1.I. The Kier molecular flexibility index (Phi) is 8.63. The van der Waals surface area contributed by atoms with E-state index in [1.165, 1.54) is 0 Å². The Balaban J connectivity index is 0.00000272. The molecule has 0 saturated carbocycles. The molecule has 0 fully saturated rings. The minimum Gasteiger partial charge on any atom is -0.497 e. The van der Waals surface area contributed by atoms with E-state index in [0.717, 1.165) is 53.7 Å². The first-order chi connectivity index (χ1) is 14.8. The van der Waals surface area contributed by atoms with Gasteiger partial charge in [0.05, 0.1) is 32.6 Å². The summed E-state index contributed by atoms with van der Waals surface area (Å²) in [7, 11) is 1.67. The van der Waals surface area contributed by atoms with Crippen LogP contribution < -0.4 is 20.1 Å². The van der Waals surface area contributed by atoms with Crippen LogP contribution >= 0.6 is 24.0 Å². The van der Waals surface area contributed by atoms with Crippen molar-refractivity contribution in [3.63, 3.8) is 0 Å². The molecule has 1 atom stereocenters. The summed E-state index contributed by atoms with van der Waals surface area (Å²) < 4.78 is 16.5. The fraction of sp³-hybridized carbons (Fsp3) is 0.292. The standard InChI is InChI=1S/C24H27N3O3.HI/c1-28-19-10-8-18(9-11-19)17-26-24(25-14-12-20-5-4-15-29-20)27-22-13-16-30-23-7-3-2-6-21(22)23;/h2-11,15,22H,12-14,16-17H2,1H3,(H2,25,26,27);1H. The van der Waals surface area contributed by atoms with Gasteiger partial charge in [0.15, 0.2) is 5.96 Å². The zero-order valence-corrected chi connectivity index (χ0v) is 19.9. The second-order valence-corrected chi connectivity index (χ2v) is 7.14. The van der Waals surface area contributed by atoms with E-state index < -0.39 is 0 Å². The highest BCUT2D eigenvalue weighted by Gasteiger charge is 2.21. The van der Waals surface area contributed by atoms with Crippen LogP contribution in [0.5, 0.6) is 11.5 Å². The quantitative estimate of drug-likeness (QED) is 0.262. The molecular formula is C24H28IN3O3. The molecule has 0 amide bonds. The fourth-order valence-corrected chi connectivity index (χ4v) is 3.47. The lowest BCUT2D eigenvalue weighted by molar-refractivity contribution is 0.261. The van der Waals surface area contributed by atoms with Gasteiger partial charge in [0, 0.05) is 24.9 Å². The Bertz CT molecular complexity index is 958. The van der Waals surface area contributed by atoms with E-state index in [-0.39, 0.29) is 30.0 Å². The number of methoxy groups -OCH3 is 1. The number of para-hydroxylation sites is 1. The van der Waals surface area contributed by atoms with Crippen LogP contribution in [0.4, 0.5) is 0 Å². The molecule has 0 radical (unpaired) electrons. The molecule has 2 N–H and O–H groups in total. The lowest BCUT2D eigenvalue weighted by atomic mass is 10.0. The van der Waals surface area contributed by atoms with E-state index in [1.807, 2.05) is 54.6 Å². The van der Waals surface area contributed by atoms with Crippen LogP contribution in [0.15, 0.2) is 76.3 Å². The molecule has 6 nitrogen and oxygen atoms in total. The molecule has 164 valence electrons. The number of ether oxygens (including phenoxy) is 2. The van der Waals surface area contributed by atoms with E-state index in [4.69, 9.17) is 18.9 Å². The number of nitrogens with zero attached hydrogens (tertiary/aromatic N) is 1. The van der Waals surface area contributed by atoms with Crippen molar-refractivity contribution >= 4 is 29.9 Å². The summed E-state index contributed by atoms with van der Waals surface area (Å²) in [4.78, 5) is 4.82. The first kappa shape index (κ1) is 23.0. The smallest absolute Gasteiger partial charge is 0.192 e. The second-order valence-electron chi connectivity index (χ2n) is 7.14. The van der Waals surface area contributed by atoms with Gasteiger partial charge < -0.3 is 24.5 Å². The minimum absolute atomic E-state index is 0. The zero-order valence-electron chi connectivity index (χ0n) is 17.5. The van der Waals surface area contributed by atoms with Crippen LogP contribution in [0.25, 0.3) is 0 Å². The molecule has 3 aromatic rings. The van der Waals surface area contributed by atoms with Gasteiger partial charge >= 0.3 is 0 Å². The van der Waals surface area contributed by atoms with Crippen molar-refractivity contribution in [3.8, 4) is 11.5 Å². The van der Waals surface area contributed by atoms with Gasteiger partial charge in [0.2, 0.25) is 0 Å². The number of benzene rings is 2. The summed E-state index contributed by atoms with van der Waals surface area (Å²) >= 11 is 0. The largest absolute Gasteiger partial charge is 0.497 e. The zero-order chi connectivity index (χ0) is 20.6. The van der Waals surface area contributed by atoms with Crippen molar-refractivity contribution in [2.24, 2.45) is 4.99 Å². The van der Waals surface area contributed by atoms with Gasteiger partial charge in [-0.05, 0) is 35.9 Å². The molecule has 1 aromatic heterocycles. The van der Waals surface area contributed by atoms with Crippen molar-refractivity contribution in [2.75, 3.05) is 20.3 Å². The molecule has 1 aliphatic heterocycles. The van der Waals surface area contributed by atoms with Gasteiger partial charge in [0.1, 0.15) is 17.3 Å². The maximum Gasteiger partial charge on any atom is 0.192 e. The van der Waals surface area contributed by atoms with Gasteiger partial charge in [-0.3, -0.25) is 0 Å². The third-order valence-electron chi connectivity index (χ3n) is 5.09. The summed E-state index contributed by atoms with van der Waals surface area (Å²) in [5.74, 6) is 3.51. The Morgan fingerprint density at radius 3 is 2.71 bits per heavy atom.